The first-order valence-electron chi connectivity index (χ1n) is 5.93. The van der Waals surface area contributed by atoms with Crippen molar-refractivity contribution in [2.45, 2.75) is 24.0 Å². The molecule has 8 heteroatoms. The van der Waals surface area contributed by atoms with Gasteiger partial charge in [-0.1, -0.05) is 6.07 Å². The summed E-state index contributed by atoms with van der Waals surface area (Å²) in [5.41, 5.74) is 0.365. The van der Waals surface area contributed by atoms with Crippen LogP contribution in [0.5, 0.6) is 0 Å². The van der Waals surface area contributed by atoms with Gasteiger partial charge >= 0.3 is 5.97 Å². The zero-order chi connectivity index (χ0) is 15.1. The SMILES string of the molecule is Cc1ccc(S(=O)(=O)N2C[C@@H](O)[C@@H](O)C2)cc1C(=O)O. The quantitative estimate of drug-likeness (QED) is 0.688. The van der Waals surface area contributed by atoms with E-state index in [-0.39, 0.29) is 23.5 Å². The average Bonchev–Trinajstić information content (AvgIpc) is 2.70. The lowest BCUT2D eigenvalue weighted by atomic mass is 10.1. The highest BCUT2D eigenvalue weighted by Crippen LogP contribution is 2.23. The van der Waals surface area contributed by atoms with Gasteiger partial charge in [0.1, 0.15) is 0 Å². The number of carboxylic acids is 1. The minimum absolute atomic E-state index is 0.0913. The predicted molar refractivity (Wildman–Crippen MR) is 68.9 cm³/mol. The maximum absolute atomic E-state index is 12.3. The molecule has 2 rings (SSSR count). The number of benzene rings is 1. The first kappa shape index (κ1) is 14.9. The number of carboxylic acid groups (broad SMARTS) is 1. The largest absolute Gasteiger partial charge is 0.478 e. The van der Waals surface area contributed by atoms with Gasteiger partial charge in [-0.05, 0) is 24.6 Å². The third kappa shape index (κ3) is 2.55. The van der Waals surface area contributed by atoms with Crippen LogP contribution in [-0.4, -0.2) is 59.3 Å². The summed E-state index contributed by atoms with van der Waals surface area (Å²) in [5.74, 6) is -1.21. The number of β-amino-alcohol motifs (C(OH)–C–C–N with tert-alkyl or cyclic N) is 2. The molecule has 1 aromatic carbocycles. The molecule has 0 amide bonds. The summed E-state index contributed by atoms with van der Waals surface area (Å²) in [5, 5.41) is 27.8. The van der Waals surface area contributed by atoms with Gasteiger partial charge in [0.25, 0.3) is 0 Å². The van der Waals surface area contributed by atoms with Crippen LogP contribution < -0.4 is 0 Å². The molecule has 1 aromatic rings. The zero-order valence-electron chi connectivity index (χ0n) is 10.7. The summed E-state index contributed by atoms with van der Waals surface area (Å²) >= 11 is 0. The molecule has 0 unspecified atom stereocenters. The molecule has 1 saturated heterocycles. The molecule has 1 aliphatic rings. The van der Waals surface area contributed by atoms with Crippen LogP contribution in [-0.2, 0) is 10.0 Å². The molecule has 0 spiro atoms. The van der Waals surface area contributed by atoms with Crippen molar-refractivity contribution in [2.24, 2.45) is 0 Å². The molecule has 0 radical (unpaired) electrons. The van der Waals surface area contributed by atoms with E-state index < -0.39 is 28.2 Å². The number of hydrogen-bond acceptors (Lipinski definition) is 5. The Bertz CT molecular complexity index is 631. The summed E-state index contributed by atoms with van der Waals surface area (Å²) in [7, 11) is -3.93. The Kier molecular flexibility index (Phi) is 3.83. The summed E-state index contributed by atoms with van der Waals surface area (Å²) < 4.78 is 25.6. The van der Waals surface area contributed by atoms with Crippen LogP contribution in [0.25, 0.3) is 0 Å². The maximum atomic E-state index is 12.3. The number of aromatic carboxylic acids is 1. The van der Waals surface area contributed by atoms with E-state index >= 15 is 0 Å². The minimum Gasteiger partial charge on any atom is -0.478 e. The fourth-order valence-electron chi connectivity index (χ4n) is 2.07. The molecule has 7 nitrogen and oxygen atoms in total. The van der Waals surface area contributed by atoms with Crippen LogP contribution >= 0.6 is 0 Å². The number of aryl methyl sites for hydroxylation is 1. The third-order valence-electron chi connectivity index (χ3n) is 3.30. The lowest BCUT2D eigenvalue weighted by Crippen LogP contribution is -2.30. The predicted octanol–water partition coefficient (Wildman–Crippen LogP) is -0.581. The van der Waals surface area contributed by atoms with Gasteiger partial charge < -0.3 is 15.3 Å². The summed E-state index contributed by atoms with van der Waals surface area (Å²) in [6.07, 6.45) is -2.26. The summed E-state index contributed by atoms with van der Waals surface area (Å²) in [6, 6.07) is 3.82. The van der Waals surface area contributed by atoms with Gasteiger partial charge in [0.15, 0.2) is 0 Å². The van der Waals surface area contributed by atoms with Crippen LogP contribution in [0.4, 0.5) is 0 Å². The number of hydrogen-bond donors (Lipinski definition) is 3. The zero-order valence-corrected chi connectivity index (χ0v) is 11.5. The summed E-state index contributed by atoms with van der Waals surface area (Å²) in [6.45, 7) is 1.16. The normalized spacial score (nSPS) is 23.9. The van der Waals surface area contributed by atoms with Crippen molar-refractivity contribution in [3.63, 3.8) is 0 Å². The Morgan fingerprint density at radius 2 is 1.80 bits per heavy atom. The van der Waals surface area contributed by atoms with E-state index in [1.54, 1.807) is 6.92 Å². The molecule has 0 saturated carbocycles. The van der Waals surface area contributed by atoms with Crippen molar-refractivity contribution in [3.8, 4) is 0 Å². The van der Waals surface area contributed by atoms with E-state index in [9.17, 15) is 23.4 Å². The van der Waals surface area contributed by atoms with E-state index in [1.807, 2.05) is 0 Å². The molecule has 0 bridgehead atoms. The van der Waals surface area contributed by atoms with Crippen molar-refractivity contribution in [1.29, 1.82) is 0 Å². The minimum atomic E-state index is -3.93. The standard InChI is InChI=1S/C12H15NO6S/c1-7-2-3-8(4-9(7)12(16)17)20(18,19)13-5-10(14)11(15)6-13/h2-4,10-11,14-15H,5-6H2,1H3,(H,16,17)/t10-,11+. The number of sulfonamides is 1. The molecule has 110 valence electrons. The van der Waals surface area contributed by atoms with Crippen molar-refractivity contribution in [3.05, 3.63) is 29.3 Å². The van der Waals surface area contributed by atoms with Crippen molar-refractivity contribution >= 4 is 16.0 Å². The van der Waals surface area contributed by atoms with Gasteiger partial charge in [0.2, 0.25) is 10.0 Å². The molecule has 1 heterocycles. The van der Waals surface area contributed by atoms with Gasteiger partial charge in [-0.2, -0.15) is 4.31 Å². The lowest BCUT2D eigenvalue weighted by Gasteiger charge is -2.16. The fraction of sp³-hybridized carbons (Fsp3) is 0.417. The number of rotatable bonds is 3. The Morgan fingerprint density at radius 3 is 2.30 bits per heavy atom. The Morgan fingerprint density at radius 1 is 1.25 bits per heavy atom. The third-order valence-corrected chi connectivity index (χ3v) is 5.13. The van der Waals surface area contributed by atoms with E-state index in [1.165, 1.54) is 12.1 Å². The van der Waals surface area contributed by atoms with E-state index in [0.717, 1.165) is 10.4 Å². The second kappa shape index (κ2) is 5.13. The highest BCUT2D eigenvalue weighted by atomic mass is 32.2. The fourth-order valence-corrected chi connectivity index (χ4v) is 3.58. The lowest BCUT2D eigenvalue weighted by molar-refractivity contribution is 0.0572. The van der Waals surface area contributed by atoms with Gasteiger partial charge in [-0.25, -0.2) is 13.2 Å². The molecular formula is C12H15NO6S. The Labute approximate surface area is 116 Å². The first-order chi connectivity index (χ1) is 9.23. The molecular weight excluding hydrogens is 286 g/mol. The number of nitrogens with zero attached hydrogens (tertiary/aromatic N) is 1. The Hall–Kier alpha value is -1.48. The van der Waals surface area contributed by atoms with Crippen LogP contribution in [0.15, 0.2) is 23.1 Å². The average molecular weight is 301 g/mol. The highest BCUT2D eigenvalue weighted by molar-refractivity contribution is 7.89. The molecule has 1 fully saturated rings. The molecule has 2 atom stereocenters. The maximum Gasteiger partial charge on any atom is 0.335 e. The van der Waals surface area contributed by atoms with Crippen LogP contribution in [0.3, 0.4) is 0 Å². The van der Waals surface area contributed by atoms with Gasteiger partial charge in [0, 0.05) is 13.1 Å². The van der Waals surface area contributed by atoms with Gasteiger partial charge in [-0.15, -0.1) is 0 Å². The van der Waals surface area contributed by atoms with Gasteiger partial charge in [0.05, 0.1) is 22.7 Å². The monoisotopic (exact) mass is 301 g/mol. The van der Waals surface area contributed by atoms with Crippen molar-refractivity contribution in [2.75, 3.05) is 13.1 Å². The van der Waals surface area contributed by atoms with Gasteiger partial charge in [-0.3, -0.25) is 0 Å². The topological polar surface area (TPSA) is 115 Å². The molecule has 0 aromatic heterocycles. The van der Waals surface area contributed by atoms with E-state index in [4.69, 9.17) is 5.11 Å². The summed E-state index contributed by atoms with van der Waals surface area (Å²) in [4.78, 5) is 10.9. The van der Waals surface area contributed by atoms with E-state index in [2.05, 4.69) is 0 Å². The van der Waals surface area contributed by atoms with Crippen molar-refractivity contribution < 1.29 is 28.5 Å². The number of aliphatic hydroxyl groups is 2. The van der Waals surface area contributed by atoms with E-state index in [0.29, 0.717) is 5.56 Å². The number of carbonyl (C=O) groups is 1. The molecule has 1 aliphatic heterocycles. The second-order valence-electron chi connectivity index (χ2n) is 4.74. The van der Waals surface area contributed by atoms with Crippen LogP contribution in [0.1, 0.15) is 15.9 Å². The molecule has 0 aliphatic carbocycles. The molecule has 20 heavy (non-hydrogen) atoms. The highest BCUT2D eigenvalue weighted by Gasteiger charge is 2.37. The smallest absolute Gasteiger partial charge is 0.335 e. The van der Waals surface area contributed by atoms with Crippen LogP contribution in [0, 0.1) is 6.92 Å². The molecule has 3 N–H and O–H groups in total. The van der Waals surface area contributed by atoms with Crippen LogP contribution in [0.2, 0.25) is 0 Å². The van der Waals surface area contributed by atoms with Crippen molar-refractivity contribution in [1.82, 2.24) is 4.31 Å². The second-order valence-corrected chi connectivity index (χ2v) is 6.68. The Balaban J connectivity index is 2.40. The number of aliphatic hydroxyl groups excluding tert-OH is 2. The first-order valence-corrected chi connectivity index (χ1v) is 7.37.